The number of nitrogens with one attached hydrogen (secondary N) is 1. The second kappa shape index (κ2) is 6.41. The third-order valence-electron chi connectivity index (χ3n) is 3.19. The van der Waals surface area contributed by atoms with Crippen molar-refractivity contribution in [3.8, 4) is 0 Å². The highest BCUT2D eigenvalue weighted by Gasteiger charge is 2.25. The lowest BCUT2D eigenvalue weighted by Crippen LogP contribution is -2.03. The number of nitro groups is 2. The number of hydrogen-bond acceptors (Lipinski definition) is 7. The Morgan fingerprint density at radius 2 is 1.68 bits per heavy atom. The third kappa shape index (κ3) is 3.87. The first-order chi connectivity index (χ1) is 11.5. The molecule has 0 aliphatic carbocycles. The molecule has 0 amide bonds. The first-order valence-corrected chi connectivity index (χ1v) is 7.92. The normalized spacial score (nSPS) is 11.2. The van der Waals surface area contributed by atoms with Crippen molar-refractivity contribution in [2.24, 2.45) is 0 Å². The summed E-state index contributed by atoms with van der Waals surface area (Å²) in [7, 11) is -4.44. The van der Waals surface area contributed by atoms with Gasteiger partial charge in [0.15, 0.2) is 0 Å². The molecule has 0 aromatic heterocycles. The summed E-state index contributed by atoms with van der Waals surface area (Å²) in [4.78, 5) is 19.4. The van der Waals surface area contributed by atoms with Crippen LogP contribution in [0.25, 0.3) is 0 Å². The second-order valence-corrected chi connectivity index (χ2v) is 6.31. The van der Waals surface area contributed by atoms with Crippen molar-refractivity contribution in [3.05, 3.63) is 61.9 Å². The smallest absolute Gasteiger partial charge is 0.311 e. The number of nitro benzene ring substituents is 2. The predicted molar refractivity (Wildman–Crippen MR) is 84.0 cm³/mol. The van der Waals surface area contributed by atoms with Crippen LogP contribution in [0.4, 0.5) is 27.1 Å². The number of nitrogens with zero attached hydrogens (tertiary/aromatic N) is 2. The molecule has 0 atom stereocenters. The summed E-state index contributed by atoms with van der Waals surface area (Å²) in [6, 6.07) is 4.59. The highest BCUT2D eigenvalue weighted by molar-refractivity contribution is 7.85. The van der Waals surface area contributed by atoms with E-state index < -0.39 is 37.2 Å². The fraction of sp³-hybridized carbons (Fsp3) is 0.0769. The minimum Gasteiger partial charge on any atom is -0.350 e. The summed E-state index contributed by atoms with van der Waals surface area (Å²) < 4.78 is 45.1. The summed E-state index contributed by atoms with van der Waals surface area (Å²) >= 11 is 0. The van der Waals surface area contributed by atoms with E-state index in [0.29, 0.717) is 12.1 Å². The highest BCUT2D eigenvalue weighted by atomic mass is 32.2. The van der Waals surface area contributed by atoms with Gasteiger partial charge in [0.2, 0.25) is 5.82 Å². The summed E-state index contributed by atoms with van der Waals surface area (Å²) in [6.45, 7) is 1.37. The quantitative estimate of drug-likeness (QED) is 0.462. The average molecular weight is 371 g/mol. The molecule has 0 spiro atoms. The van der Waals surface area contributed by atoms with Crippen molar-refractivity contribution in [1.29, 1.82) is 0 Å². The van der Waals surface area contributed by atoms with Crippen LogP contribution in [0.1, 0.15) is 5.56 Å². The Kier molecular flexibility index (Phi) is 4.67. The van der Waals surface area contributed by atoms with Gasteiger partial charge in [0.25, 0.3) is 15.8 Å². The Morgan fingerprint density at radius 3 is 2.16 bits per heavy atom. The first-order valence-electron chi connectivity index (χ1n) is 6.48. The Balaban J connectivity index is 2.50. The van der Waals surface area contributed by atoms with Crippen molar-refractivity contribution >= 4 is 32.9 Å². The van der Waals surface area contributed by atoms with Crippen molar-refractivity contribution in [1.82, 2.24) is 0 Å². The Morgan fingerprint density at radius 1 is 1.08 bits per heavy atom. The van der Waals surface area contributed by atoms with Gasteiger partial charge in [0.05, 0.1) is 20.8 Å². The van der Waals surface area contributed by atoms with Gasteiger partial charge >= 0.3 is 5.69 Å². The number of rotatable bonds is 5. The van der Waals surface area contributed by atoms with Gasteiger partial charge in [-0.3, -0.25) is 24.8 Å². The van der Waals surface area contributed by atoms with Crippen molar-refractivity contribution in [2.75, 3.05) is 5.32 Å². The minimum atomic E-state index is -4.44. The maximum absolute atomic E-state index is 13.7. The largest absolute Gasteiger partial charge is 0.350 e. The monoisotopic (exact) mass is 371 g/mol. The van der Waals surface area contributed by atoms with Gasteiger partial charge in [-0.25, -0.2) is 0 Å². The molecule has 2 rings (SSSR count). The number of benzene rings is 2. The van der Waals surface area contributed by atoms with Crippen LogP contribution >= 0.6 is 0 Å². The molecule has 0 aliphatic rings. The van der Waals surface area contributed by atoms with Gasteiger partial charge in [-0.05, 0) is 30.7 Å². The van der Waals surface area contributed by atoms with E-state index in [0.717, 1.165) is 6.07 Å². The van der Waals surface area contributed by atoms with Crippen LogP contribution < -0.4 is 5.32 Å². The first kappa shape index (κ1) is 18.2. The van der Waals surface area contributed by atoms with Crippen LogP contribution in [0.2, 0.25) is 0 Å². The predicted octanol–water partition coefficient (Wildman–Crippen LogP) is 2.94. The maximum atomic E-state index is 13.7. The number of aryl methyl sites for hydroxylation is 1. The van der Waals surface area contributed by atoms with Gasteiger partial charge in [-0.1, -0.05) is 0 Å². The minimum absolute atomic E-state index is 0.137. The van der Waals surface area contributed by atoms with Crippen molar-refractivity contribution < 1.29 is 27.2 Å². The van der Waals surface area contributed by atoms with E-state index in [-0.39, 0.29) is 21.8 Å². The Hall–Kier alpha value is -3.12. The molecule has 10 nitrogen and oxygen atoms in total. The van der Waals surface area contributed by atoms with Gasteiger partial charge < -0.3 is 5.32 Å². The lowest BCUT2D eigenvalue weighted by atomic mass is 10.2. The van der Waals surface area contributed by atoms with E-state index in [4.69, 9.17) is 4.55 Å². The lowest BCUT2D eigenvalue weighted by Gasteiger charge is -2.10. The van der Waals surface area contributed by atoms with E-state index >= 15 is 0 Å². The van der Waals surface area contributed by atoms with Gasteiger partial charge in [0, 0.05) is 11.8 Å². The third-order valence-corrected chi connectivity index (χ3v) is 4.20. The van der Waals surface area contributed by atoms with Gasteiger partial charge in [-0.2, -0.15) is 12.8 Å². The molecule has 0 heterocycles. The number of hydrogen-bond donors (Lipinski definition) is 2. The Bertz CT molecular complexity index is 991. The summed E-state index contributed by atoms with van der Waals surface area (Å²) in [5, 5.41) is 24.2. The molecule has 2 N–H and O–H groups in total. The van der Waals surface area contributed by atoms with E-state index in [2.05, 4.69) is 5.32 Å². The molecule has 0 saturated carbocycles. The van der Waals surface area contributed by atoms with Crippen LogP contribution in [-0.2, 0) is 10.1 Å². The summed E-state index contributed by atoms with van der Waals surface area (Å²) in [5.41, 5.74) is -1.84. The SMILES string of the molecule is Cc1cc(Nc2cc(F)c([N+](=O)[O-])cc2[N+](=O)[O-])ccc1S(=O)(=O)O. The highest BCUT2D eigenvalue weighted by Crippen LogP contribution is 2.34. The van der Waals surface area contributed by atoms with Crippen LogP contribution in [0, 0.1) is 33.0 Å². The molecule has 2 aromatic rings. The zero-order valence-electron chi connectivity index (χ0n) is 12.5. The molecule has 0 unspecified atom stereocenters. The van der Waals surface area contributed by atoms with Crippen LogP contribution in [0.15, 0.2) is 35.2 Å². The standard InChI is InChI=1S/C13H10FN3O7S/c1-7-4-8(2-3-13(7)25(22,23)24)15-10-5-9(14)11(16(18)19)6-12(10)17(20)21/h2-6,15H,1H3,(H,22,23,24). The fourth-order valence-corrected chi connectivity index (χ4v) is 2.82. The topological polar surface area (TPSA) is 153 Å². The molecule has 0 saturated heterocycles. The molecule has 0 bridgehead atoms. The molecule has 2 aromatic carbocycles. The Labute approximate surface area is 140 Å². The fourth-order valence-electron chi connectivity index (χ4n) is 2.11. The molecule has 0 radical (unpaired) electrons. The van der Waals surface area contributed by atoms with Gasteiger partial charge in [0.1, 0.15) is 5.69 Å². The zero-order valence-corrected chi connectivity index (χ0v) is 13.3. The molecule has 12 heteroatoms. The second-order valence-electron chi connectivity index (χ2n) is 4.92. The number of anilines is 2. The molecule has 0 fully saturated rings. The van der Waals surface area contributed by atoms with Crippen LogP contribution in [0.3, 0.4) is 0 Å². The van der Waals surface area contributed by atoms with Crippen molar-refractivity contribution in [2.45, 2.75) is 11.8 Å². The van der Waals surface area contributed by atoms with Crippen molar-refractivity contribution in [3.63, 3.8) is 0 Å². The number of halogens is 1. The van der Waals surface area contributed by atoms with E-state index in [1.54, 1.807) is 0 Å². The van der Waals surface area contributed by atoms with E-state index in [1.165, 1.54) is 19.1 Å². The lowest BCUT2D eigenvalue weighted by molar-refractivity contribution is -0.395. The molecule has 0 aliphatic heterocycles. The molecule has 132 valence electrons. The average Bonchev–Trinajstić information content (AvgIpc) is 2.45. The van der Waals surface area contributed by atoms with Crippen LogP contribution in [0.5, 0.6) is 0 Å². The molecule has 25 heavy (non-hydrogen) atoms. The summed E-state index contributed by atoms with van der Waals surface area (Å²) in [6.07, 6.45) is 0. The molecular weight excluding hydrogens is 361 g/mol. The zero-order chi connectivity index (χ0) is 18.9. The van der Waals surface area contributed by atoms with Gasteiger partial charge in [-0.15, -0.1) is 0 Å². The maximum Gasteiger partial charge on any atom is 0.311 e. The van der Waals surface area contributed by atoms with E-state index in [1.807, 2.05) is 0 Å². The molecular formula is C13H10FN3O7S. The van der Waals surface area contributed by atoms with Crippen LogP contribution in [-0.4, -0.2) is 22.8 Å². The summed E-state index contributed by atoms with van der Waals surface area (Å²) in [5.74, 6) is -1.27. The van der Waals surface area contributed by atoms with E-state index in [9.17, 15) is 33.0 Å².